The maximum absolute atomic E-state index is 12.8. The lowest BCUT2D eigenvalue weighted by atomic mass is 10.1. The van der Waals surface area contributed by atoms with Gasteiger partial charge in [0.25, 0.3) is 0 Å². The van der Waals surface area contributed by atoms with Crippen LogP contribution in [0.3, 0.4) is 0 Å². The van der Waals surface area contributed by atoms with Crippen LogP contribution in [0.25, 0.3) is 0 Å². The summed E-state index contributed by atoms with van der Waals surface area (Å²) in [5.74, 6) is 0.517. The summed E-state index contributed by atoms with van der Waals surface area (Å²) in [5.41, 5.74) is 0.891. The predicted molar refractivity (Wildman–Crippen MR) is 51.5 cm³/mol. The van der Waals surface area contributed by atoms with Gasteiger partial charge in [0.15, 0.2) is 0 Å². The van der Waals surface area contributed by atoms with E-state index in [9.17, 15) is 4.39 Å². The van der Waals surface area contributed by atoms with Gasteiger partial charge in [-0.3, -0.25) is 0 Å². The van der Waals surface area contributed by atoms with Crippen molar-refractivity contribution in [3.05, 3.63) is 42.2 Å². The SMILES string of the molecule is C=CCCc1cc(F)ccc1OC. The molecule has 0 heterocycles. The Labute approximate surface area is 77.8 Å². The molecule has 1 rings (SSSR count). The zero-order valence-electron chi connectivity index (χ0n) is 7.72. The quantitative estimate of drug-likeness (QED) is 0.647. The van der Waals surface area contributed by atoms with Crippen molar-refractivity contribution in [3.63, 3.8) is 0 Å². The predicted octanol–water partition coefficient (Wildman–Crippen LogP) is 2.95. The summed E-state index contributed by atoms with van der Waals surface area (Å²) in [6.45, 7) is 3.62. The van der Waals surface area contributed by atoms with Gasteiger partial charge in [-0.15, -0.1) is 6.58 Å². The Morgan fingerprint density at radius 1 is 1.54 bits per heavy atom. The third-order valence-electron chi connectivity index (χ3n) is 1.86. The van der Waals surface area contributed by atoms with E-state index in [1.54, 1.807) is 13.2 Å². The van der Waals surface area contributed by atoms with Gasteiger partial charge in [-0.05, 0) is 36.6 Å². The minimum atomic E-state index is -0.222. The second-order valence-electron chi connectivity index (χ2n) is 2.78. The van der Waals surface area contributed by atoms with Crippen molar-refractivity contribution in [2.45, 2.75) is 12.8 Å². The van der Waals surface area contributed by atoms with Crippen molar-refractivity contribution in [2.24, 2.45) is 0 Å². The lowest BCUT2D eigenvalue weighted by molar-refractivity contribution is 0.408. The van der Waals surface area contributed by atoms with Crippen LogP contribution in [0, 0.1) is 5.82 Å². The standard InChI is InChI=1S/C11H13FO/c1-3-4-5-9-8-10(12)6-7-11(9)13-2/h3,6-8H,1,4-5H2,2H3. The van der Waals surface area contributed by atoms with Crippen LogP contribution >= 0.6 is 0 Å². The molecule has 0 saturated carbocycles. The molecular formula is C11H13FO. The fourth-order valence-electron chi connectivity index (χ4n) is 1.20. The van der Waals surface area contributed by atoms with E-state index in [1.165, 1.54) is 12.1 Å². The second kappa shape index (κ2) is 4.65. The molecule has 70 valence electrons. The minimum absolute atomic E-state index is 0.222. The molecule has 0 aliphatic carbocycles. The normalized spacial score (nSPS) is 9.69. The van der Waals surface area contributed by atoms with E-state index < -0.39 is 0 Å². The molecule has 2 heteroatoms. The van der Waals surface area contributed by atoms with Crippen molar-refractivity contribution >= 4 is 0 Å². The minimum Gasteiger partial charge on any atom is -0.496 e. The number of allylic oxidation sites excluding steroid dienone is 1. The summed E-state index contributed by atoms with van der Waals surface area (Å²) in [7, 11) is 1.59. The molecule has 0 amide bonds. The third kappa shape index (κ3) is 2.58. The highest BCUT2D eigenvalue weighted by atomic mass is 19.1. The molecule has 0 aliphatic rings. The van der Waals surface area contributed by atoms with Crippen molar-refractivity contribution in [2.75, 3.05) is 7.11 Å². The lowest BCUT2D eigenvalue weighted by Crippen LogP contribution is -1.92. The first kappa shape index (κ1) is 9.78. The van der Waals surface area contributed by atoms with Crippen LogP contribution in [0.4, 0.5) is 4.39 Å². The van der Waals surface area contributed by atoms with Crippen molar-refractivity contribution in [1.82, 2.24) is 0 Å². The van der Waals surface area contributed by atoms with Crippen molar-refractivity contribution < 1.29 is 9.13 Å². The van der Waals surface area contributed by atoms with Crippen molar-refractivity contribution in [1.29, 1.82) is 0 Å². The zero-order chi connectivity index (χ0) is 9.68. The Bertz CT molecular complexity index is 294. The number of hydrogen-bond donors (Lipinski definition) is 0. The number of hydrogen-bond acceptors (Lipinski definition) is 1. The molecule has 0 aliphatic heterocycles. The summed E-state index contributed by atoms with van der Waals surface area (Å²) >= 11 is 0. The largest absolute Gasteiger partial charge is 0.496 e. The average Bonchev–Trinajstić information content (AvgIpc) is 2.15. The highest BCUT2D eigenvalue weighted by Crippen LogP contribution is 2.20. The van der Waals surface area contributed by atoms with Crippen LogP contribution in [0.15, 0.2) is 30.9 Å². The van der Waals surface area contributed by atoms with E-state index in [0.717, 1.165) is 24.2 Å². The first-order chi connectivity index (χ1) is 6.27. The van der Waals surface area contributed by atoms with Gasteiger partial charge in [0.05, 0.1) is 7.11 Å². The van der Waals surface area contributed by atoms with Crippen LogP contribution in [0.1, 0.15) is 12.0 Å². The molecule has 1 aromatic carbocycles. The van der Waals surface area contributed by atoms with E-state index in [-0.39, 0.29) is 5.82 Å². The number of benzene rings is 1. The lowest BCUT2D eigenvalue weighted by Gasteiger charge is -2.06. The van der Waals surface area contributed by atoms with Gasteiger partial charge < -0.3 is 4.74 Å². The van der Waals surface area contributed by atoms with Crippen molar-refractivity contribution in [3.8, 4) is 5.75 Å². The molecule has 0 unspecified atom stereocenters. The van der Waals surface area contributed by atoms with Gasteiger partial charge in [0.1, 0.15) is 11.6 Å². The average molecular weight is 180 g/mol. The molecule has 1 nitrogen and oxygen atoms in total. The fourth-order valence-corrected chi connectivity index (χ4v) is 1.20. The Balaban J connectivity index is 2.87. The summed E-state index contributed by atoms with van der Waals surface area (Å²) in [6, 6.07) is 4.55. The summed E-state index contributed by atoms with van der Waals surface area (Å²) in [4.78, 5) is 0. The van der Waals surface area contributed by atoms with Gasteiger partial charge >= 0.3 is 0 Å². The first-order valence-corrected chi connectivity index (χ1v) is 4.21. The zero-order valence-corrected chi connectivity index (χ0v) is 7.72. The molecule has 0 saturated heterocycles. The first-order valence-electron chi connectivity index (χ1n) is 4.21. The Kier molecular flexibility index (Phi) is 3.50. The van der Waals surface area contributed by atoms with Crippen LogP contribution in [-0.4, -0.2) is 7.11 Å². The van der Waals surface area contributed by atoms with E-state index in [0.29, 0.717) is 0 Å². The fraction of sp³-hybridized carbons (Fsp3) is 0.273. The number of aryl methyl sites for hydroxylation is 1. The molecule has 0 atom stereocenters. The molecule has 0 bridgehead atoms. The van der Waals surface area contributed by atoms with E-state index in [4.69, 9.17) is 4.74 Å². The number of ether oxygens (including phenoxy) is 1. The maximum atomic E-state index is 12.8. The molecule has 0 aromatic heterocycles. The molecule has 13 heavy (non-hydrogen) atoms. The van der Waals surface area contributed by atoms with E-state index in [2.05, 4.69) is 6.58 Å². The Hall–Kier alpha value is -1.31. The molecule has 1 aromatic rings. The topological polar surface area (TPSA) is 9.23 Å². The van der Waals surface area contributed by atoms with E-state index in [1.807, 2.05) is 6.08 Å². The smallest absolute Gasteiger partial charge is 0.123 e. The highest BCUT2D eigenvalue weighted by Gasteiger charge is 2.02. The van der Waals surface area contributed by atoms with Crippen LogP contribution < -0.4 is 4.74 Å². The van der Waals surface area contributed by atoms with Gasteiger partial charge in [0, 0.05) is 0 Å². The van der Waals surface area contributed by atoms with Crippen LogP contribution in [0.5, 0.6) is 5.75 Å². The van der Waals surface area contributed by atoms with Gasteiger partial charge in [0.2, 0.25) is 0 Å². The second-order valence-corrected chi connectivity index (χ2v) is 2.78. The Morgan fingerprint density at radius 2 is 2.31 bits per heavy atom. The van der Waals surface area contributed by atoms with Crippen LogP contribution in [-0.2, 0) is 6.42 Å². The van der Waals surface area contributed by atoms with Crippen LogP contribution in [0.2, 0.25) is 0 Å². The molecule has 0 N–H and O–H groups in total. The van der Waals surface area contributed by atoms with Gasteiger partial charge in [-0.1, -0.05) is 6.08 Å². The van der Waals surface area contributed by atoms with Gasteiger partial charge in [-0.2, -0.15) is 0 Å². The van der Waals surface area contributed by atoms with E-state index >= 15 is 0 Å². The molecular weight excluding hydrogens is 167 g/mol. The Morgan fingerprint density at radius 3 is 2.92 bits per heavy atom. The number of rotatable bonds is 4. The maximum Gasteiger partial charge on any atom is 0.123 e. The number of halogens is 1. The summed E-state index contributed by atoms with van der Waals surface area (Å²) in [6.07, 6.45) is 3.41. The highest BCUT2D eigenvalue weighted by molar-refractivity contribution is 5.34. The summed E-state index contributed by atoms with van der Waals surface area (Å²) < 4.78 is 17.9. The van der Waals surface area contributed by atoms with Gasteiger partial charge in [-0.25, -0.2) is 4.39 Å². The molecule has 0 radical (unpaired) electrons. The molecule has 0 spiro atoms. The monoisotopic (exact) mass is 180 g/mol. The third-order valence-corrected chi connectivity index (χ3v) is 1.86. The molecule has 0 fully saturated rings. The summed E-state index contributed by atoms with van der Waals surface area (Å²) in [5, 5.41) is 0. The number of methoxy groups -OCH3 is 1.